The largest absolute Gasteiger partial charge is 0.387 e. The van der Waals surface area contributed by atoms with Crippen molar-refractivity contribution in [2.75, 3.05) is 6.61 Å². The summed E-state index contributed by atoms with van der Waals surface area (Å²) in [7, 11) is 0. The van der Waals surface area contributed by atoms with E-state index in [1.54, 1.807) is 0 Å². The minimum Gasteiger partial charge on any atom is -0.387 e. The van der Waals surface area contributed by atoms with Gasteiger partial charge in [0.05, 0.1) is 12.2 Å². The maximum Gasteiger partial charge on any atom is 0.273 e. The molecule has 5 nitrogen and oxygen atoms in total. The number of fused-ring (bicyclic) bond motifs is 1. The molecule has 0 aromatic heterocycles. The van der Waals surface area contributed by atoms with Crippen molar-refractivity contribution >= 4 is 0 Å². The number of aliphatic hydroxyl groups is 2. The number of alkyl halides is 2. The van der Waals surface area contributed by atoms with Crippen LogP contribution in [0.3, 0.4) is 0 Å². The van der Waals surface area contributed by atoms with Crippen molar-refractivity contribution in [1.29, 1.82) is 0 Å². The van der Waals surface area contributed by atoms with Crippen molar-refractivity contribution in [2.45, 2.75) is 108 Å². The Labute approximate surface area is 166 Å². The van der Waals surface area contributed by atoms with E-state index in [2.05, 4.69) is 0 Å². The third kappa shape index (κ3) is 5.63. The second kappa shape index (κ2) is 9.65. The van der Waals surface area contributed by atoms with Gasteiger partial charge in [-0.15, -0.1) is 0 Å². The molecule has 7 heteroatoms. The molecule has 2 saturated heterocycles. The highest BCUT2D eigenvalue weighted by molar-refractivity contribution is 4.97. The van der Waals surface area contributed by atoms with Crippen LogP contribution in [0.1, 0.15) is 71.6 Å². The van der Waals surface area contributed by atoms with Gasteiger partial charge in [-0.25, -0.2) is 8.78 Å². The average Bonchev–Trinajstić information content (AvgIpc) is 3.14. The summed E-state index contributed by atoms with van der Waals surface area (Å²) in [6.07, 6.45) is 1.72. The Morgan fingerprint density at radius 1 is 1.18 bits per heavy atom. The molecule has 0 radical (unpaired) electrons. The fourth-order valence-corrected chi connectivity index (χ4v) is 4.88. The summed E-state index contributed by atoms with van der Waals surface area (Å²) in [6, 6.07) is 0. The first kappa shape index (κ1) is 22.3. The SMILES string of the molecule is CC(C)CCC(F)(F)C(O)CCC1C(OC2CCCCO2)CC2OC(O)CC21. The van der Waals surface area contributed by atoms with E-state index in [-0.39, 0.29) is 49.1 Å². The molecule has 3 aliphatic rings. The number of halogens is 2. The molecule has 2 N–H and O–H groups in total. The lowest BCUT2D eigenvalue weighted by molar-refractivity contribution is -0.200. The van der Waals surface area contributed by atoms with Gasteiger partial charge in [-0.3, -0.25) is 0 Å². The minimum absolute atomic E-state index is 0.0109. The summed E-state index contributed by atoms with van der Waals surface area (Å²) < 4.78 is 46.0. The van der Waals surface area contributed by atoms with Crippen LogP contribution in [0.2, 0.25) is 0 Å². The first-order valence-corrected chi connectivity index (χ1v) is 10.9. The topological polar surface area (TPSA) is 68.2 Å². The van der Waals surface area contributed by atoms with E-state index in [4.69, 9.17) is 14.2 Å². The maximum absolute atomic E-state index is 14.3. The van der Waals surface area contributed by atoms with Crippen molar-refractivity contribution in [1.82, 2.24) is 0 Å². The summed E-state index contributed by atoms with van der Waals surface area (Å²) in [4.78, 5) is 0. The first-order valence-electron chi connectivity index (χ1n) is 10.9. The Hall–Kier alpha value is -0.340. The summed E-state index contributed by atoms with van der Waals surface area (Å²) in [5.74, 6) is -2.82. The molecule has 1 saturated carbocycles. The summed E-state index contributed by atoms with van der Waals surface area (Å²) in [6.45, 7) is 4.49. The van der Waals surface area contributed by atoms with Crippen molar-refractivity contribution in [3.63, 3.8) is 0 Å². The number of hydrogen-bond acceptors (Lipinski definition) is 5. The van der Waals surface area contributed by atoms with Crippen LogP contribution in [0, 0.1) is 17.8 Å². The van der Waals surface area contributed by atoms with Crippen LogP contribution in [0.5, 0.6) is 0 Å². The van der Waals surface area contributed by atoms with Crippen LogP contribution in [-0.2, 0) is 14.2 Å². The Morgan fingerprint density at radius 2 is 1.96 bits per heavy atom. The molecule has 7 unspecified atom stereocenters. The minimum atomic E-state index is -3.07. The van der Waals surface area contributed by atoms with Gasteiger partial charge < -0.3 is 24.4 Å². The molecule has 3 rings (SSSR count). The zero-order valence-electron chi connectivity index (χ0n) is 17.1. The molecular formula is C21H36F2O5. The lowest BCUT2D eigenvalue weighted by Crippen LogP contribution is -2.36. The van der Waals surface area contributed by atoms with Gasteiger partial charge in [-0.1, -0.05) is 13.8 Å². The molecule has 28 heavy (non-hydrogen) atoms. The molecule has 0 bridgehead atoms. The standard InChI is InChI=1S/C21H36F2O5/c1-13(2)8-9-21(22,23)18(24)7-6-14-15-11-19(25)27-17(15)12-16(14)28-20-5-3-4-10-26-20/h13-20,24-25H,3-12H2,1-2H3. The Kier molecular flexibility index (Phi) is 7.70. The van der Waals surface area contributed by atoms with Gasteiger partial charge in [-0.05, 0) is 56.3 Å². The quantitative estimate of drug-likeness (QED) is 0.609. The molecule has 2 aliphatic heterocycles. The fraction of sp³-hybridized carbons (Fsp3) is 1.00. The summed E-state index contributed by atoms with van der Waals surface area (Å²) in [5, 5.41) is 20.0. The van der Waals surface area contributed by atoms with E-state index in [0.717, 1.165) is 19.3 Å². The van der Waals surface area contributed by atoms with Crippen molar-refractivity contribution < 1.29 is 33.2 Å². The highest BCUT2D eigenvalue weighted by Crippen LogP contribution is 2.47. The number of aliphatic hydroxyl groups excluding tert-OH is 2. The molecule has 164 valence electrons. The molecule has 3 fully saturated rings. The van der Waals surface area contributed by atoms with E-state index in [9.17, 15) is 19.0 Å². The van der Waals surface area contributed by atoms with E-state index in [0.29, 0.717) is 32.3 Å². The van der Waals surface area contributed by atoms with Gasteiger partial charge in [0.25, 0.3) is 5.92 Å². The van der Waals surface area contributed by atoms with Gasteiger partial charge >= 0.3 is 0 Å². The first-order chi connectivity index (χ1) is 13.3. The van der Waals surface area contributed by atoms with E-state index >= 15 is 0 Å². The molecule has 0 aromatic rings. The van der Waals surface area contributed by atoms with Crippen molar-refractivity contribution in [3.05, 3.63) is 0 Å². The fourth-order valence-electron chi connectivity index (χ4n) is 4.88. The summed E-state index contributed by atoms with van der Waals surface area (Å²) >= 11 is 0. The van der Waals surface area contributed by atoms with Gasteiger partial charge in [0.1, 0.15) is 6.10 Å². The van der Waals surface area contributed by atoms with Gasteiger partial charge in [0.15, 0.2) is 12.6 Å². The smallest absolute Gasteiger partial charge is 0.273 e. The monoisotopic (exact) mass is 406 g/mol. The molecule has 1 aliphatic carbocycles. The third-order valence-electron chi connectivity index (χ3n) is 6.56. The number of ether oxygens (including phenoxy) is 3. The highest BCUT2D eigenvalue weighted by atomic mass is 19.3. The van der Waals surface area contributed by atoms with E-state index < -0.39 is 18.3 Å². The Morgan fingerprint density at radius 3 is 2.64 bits per heavy atom. The second-order valence-electron chi connectivity index (χ2n) is 9.19. The third-order valence-corrected chi connectivity index (χ3v) is 6.56. The van der Waals surface area contributed by atoms with Gasteiger partial charge in [0, 0.05) is 25.9 Å². The zero-order chi connectivity index (χ0) is 20.3. The second-order valence-corrected chi connectivity index (χ2v) is 9.19. The highest BCUT2D eigenvalue weighted by Gasteiger charge is 2.51. The molecule has 7 atom stereocenters. The molecule has 0 spiro atoms. The van der Waals surface area contributed by atoms with Crippen LogP contribution >= 0.6 is 0 Å². The maximum atomic E-state index is 14.3. The van der Waals surface area contributed by atoms with Crippen LogP contribution < -0.4 is 0 Å². The molecular weight excluding hydrogens is 370 g/mol. The van der Waals surface area contributed by atoms with Crippen LogP contribution in [-0.4, -0.2) is 53.6 Å². The van der Waals surface area contributed by atoms with Crippen LogP contribution in [0.25, 0.3) is 0 Å². The lowest BCUT2D eigenvalue weighted by atomic mass is 9.86. The predicted octanol–water partition coefficient (Wildman–Crippen LogP) is 3.85. The lowest BCUT2D eigenvalue weighted by Gasteiger charge is -2.31. The van der Waals surface area contributed by atoms with Crippen molar-refractivity contribution in [3.8, 4) is 0 Å². The van der Waals surface area contributed by atoms with E-state index in [1.165, 1.54) is 0 Å². The van der Waals surface area contributed by atoms with E-state index in [1.807, 2.05) is 13.8 Å². The average molecular weight is 407 g/mol. The van der Waals surface area contributed by atoms with Crippen LogP contribution in [0.4, 0.5) is 8.78 Å². The predicted molar refractivity (Wildman–Crippen MR) is 99.8 cm³/mol. The number of hydrogen-bond donors (Lipinski definition) is 2. The molecule has 0 aromatic carbocycles. The Balaban J connectivity index is 1.57. The number of rotatable bonds is 9. The zero-order valence-corrected chi connectivity index (χ0v) is 17.1. The van der Waals surface area contributed by atoms with Crippen molar-refractivity contribution in [2.24, 2.45) is 17.8 Å². The van der Waals surface area contributed by atoms with Crippen LogP contribution in [0.15, 0.2) is 0 Å². The normalized spacial score (nSPS) is 37.4. The van der Waals surface area contributed by atoms with Gasteiger partial charge in [-0.2, -0.15) is 0 Å². The molecule has 2 heterocycles. The summed E-state index contributed by atoms with van der Waals surface area (Å²) in [5.41, 5.74) is 0. The molecule has 0 amide bonds. The Bertz CT molecular complexity index is 483. The van der Waals surface area contributed by atoms with Gasteiger partial charge in [0.2, 0.25) is 0 Å².